The molecule has 14 heteroatoms. The minimum atomic E-state index is -1.34. The molecule has 0 unspecified atom stereocenters. The molecule has 2 aromatic carbocycles. The van der Waals surface area contributed by atoms with Crippen molar-refractivity contribution in [1.29, 1.82) is 0 Å². The maximum absolute atomic E-state index is 13.6. The largest absolute Gasteiger partial charge is 0.507 e. The molecule has 4 rings (SSSR count). The number of primary amides is 1. The van der Waals surface area contributed by atoms with Crippen molar-refractivity contribution in [3.8, 4) is 16.9 Å². The van der Waals surface area contributed by atoms with E-state index in [-0.39, 0.29) is 33.3 Å². The van der Waals surface area contributed by atoms with Crippen LogP contribution in [0.3, 0.4) is 0 Å². The highest BCUT2D eigenvalue weighted by molar-refractivity contribution is 8.26. The summed E-state index contributed by atoms with van der Waals surface area (Å²) in [7, 11) is 0. The Kier molecular flexibility index (Phi) is 8.61. The van der Waals surface area contributed by atoms with Gasteiger partial charge >= 0.3 is 5.97 Å². The quantitative estimate of drug-likeness (QED) is 0.205. The fourth-order valence-electron chi connectivity index (χ4n) is 3.88. The van der Waals surface area contributed by atoms with E-state index >= 15 is 0 Å². The summed E-state index contributed by atoms with van der Waals surface area (Å²) in [5.41, 5.74) is 6.20. The van der Waals surface area contributed by atoms with Crippen LogP contribution < -0.4 is 11.1 Å². The number of nitrogens with zero attached hydrogens (tertiary/aromatic N) is 1. The Morgan fingerprint density at radius 3 is 2.48 bits per heavy atom. The number of phenols is 1. The van der Waals surface area contributed by atoms with Crippen LogP contribution in [0.1, 0.15) is 28.1 Å². The number of rotatable bonds is 9. The third kappa shape index (κ3) is 6.52. The predicted molar refractivity (Wildman–Crippen MR) is 151 cm³/mol. The zero-order valence-corrected chi connectivity index (χ0v) is 22.7. The van der Waals surface area contributed by atoms with E-state index in [9.17, 15) is 33.1 Å². The van der Waals surface area contributed by atoms with Crippen LogP contribution in [0.25, 0.3) is 17.2 Å². The summed E-state index contributed by atoms with van der Waals surface area (Å²) < 4.78 is 27.0. The van der Waals surface area contributed by atoms with E-state index in [0.29, 0.717) is 16.0 Å². The average molecular weight is 604 g/mol. The zero-order valence-electron chi connectivity index (χ0n) is 20.2. The van der Waals surface area contributed by atoms with Gasteiger partial charge in [-0.05, 0) is 52.9 Å². The number of nitrogens with two attached hydrogens (primary N) is 1. The second kappa shape index (κ2) is 11.9. The molecule has 0 saturated carbocycles. The van der Waals surface area contributed by atoms with Gasteiger partial charge in [-0.3, -0.25) is 19.3 Å². The van der Waals surface area contributed by atoms with Crippen molar-refractivity contribution in [2.75, 3.05) is 5.32 Å². The van der Waals surface area contributed by atoms with Gasteiger partial charge in [0, 0.05) is 29.5 Å². The Balaban J connectivity index is 1.51. The van der Waals surface area contributed by atoms with Crippen LogP contribution >= 0.6 is 35.3 Å². The fourth-order valence-corrected chi connectivity index (χ4v) is 6.20. The van der Waals surface area contributed by atoms with Gasteiger partial charge in [0.2, 0.25) is 11.8 Å². The molecule has 206 valence electrons. The number of thiophene rings is 1. The number of halogens is 2. The third-order valence-corrected chi connectivity index (χ3v) is 7.91. The number of anilines is 1. The first-order valence-corrected chi connectivity index (χ1v) is 13.5. The monoisotopic (exact) mass is 603 g/mol. The topological polar surface area (TPSA) is 150 Å². The van der Waals surface area contributed by atoms with Crippen molar-refractivity contribution in [1.82, 2.24) is 4.90 Å². The number of aromatic hydroxyl groups is 1. The van der Waals surface area contributed by atoms with Gasteiger partial charge in [-0.1, -0.05) is 30.0 Å². The van der Waals surface area contributed by atoms with Crippen LogP contribution in [-0.2, 0) is 14.4 Å². The van der Waals surface area contributed by atoms with Crippen LogP contribution in [0.2, 0.25) is 0 Å². The highest BCUT2D eigenvalue weighted by atomic mass is 32.2. The smallest absolute Gasteiger partial charge is 0.339 e. The first-order chi connectivity index (χ1) is 18.9. The van der Waals surface area contributed by atoms with E-state index in [1.54, 1.807) is 17.5 Å². The van der Waals surface area contributed by atoms with E-state index in [4.69, 9.17) is 23.1 Å². The average Bonchev–Trinajstić information content (AvgIpc) is 3.43. The van der Waals surface area contributed by atoms with Crippen molar-refractivity contribution in [3.63, 3.8) is 0 Å². The van der Waals surface area contributed by atoms with Gasteiger partial charge in [-0.25, -0.2) is 13.6 Å². The summed E-state index contributed by atoms with van der Waals surface area (Å²) in [4.78, 5) is 50.9. The molecule has 2 heterocycles. The van der Waals surface area contributed by atoms with Crippen molar-refractivity contribution >= 4 is 75.1 Å². The fraction of sp³-hybridized carbons (Fsp3) is 0.115. The van der Waals surface area contributed by atoms with E-state index in [2.05, 4.69) is 5.32 Å². The predicted octanol–water partition coefficient (Wildman–Crippen LogP) is 4.57. The number of aromatic carboxylic acids is 1. The first-order valence-electron chi connectivity index (χ1n) is 11.4. The highest BCUT2D eigenvalue weighted by Crippen LogP contribution is 2.37. The number of hydrogen-bond acceptors (Lipinski definition) is 8. The van der Waals surface area contributed by atoms with E-state index in [1.807, 2.05) is 0 Å². The molecule has 40 heavy (non-hydrogen) atoms. The number of carbonyl (C=O) groups is 4. The number of benzene rings is 2. The summed E-state index contributed by atoms with van der Waals surface area (Å²) in [6.07, 6.45) is 0.834. The molecule has 9 nitrogen and oxygen atoms in total. The normalized spacial score (nSPS) is 14.9. The number of nitrogens with one attached hydrogen (secondary N) is 1. The molecule has 1 saturated heterocycles. The van der Waals surface area contributed by atoms with Crippen LogP contribution in [0.4, 0.5) is 14.5 Å². The number of carboxylic acid groups (broad SMARTS) is 1. The molecule has 1 aliphatic rings. The summed E-state index contributed by atoms with van der Waals surface area (Å²) in [6.45, 7) is 0. The minimum Gasteiger partial charge on any atom is -0.507 e. The maximum Gasteiger partial charge on any atom is 0.339 e. The minimum absolute atomic E-state index is 0.102. The van der Waals surface area contributed by atoms with Crippen LogP contribution in [0.15, 0.2) is 52.7 Å². The lowest BCUT2D eigenvalue weighted by atomic mass is 10.1. The van der Waals surface area contributed by atoms with Crippen molar-refractivity contribution < 1.29 is 38.2 Å². The van der Waals surface area contributed by atoms with Crippen LogP contribution in [0.5, 0.6) is 5.75 Å². The van der Waals surface area contributed by atoms with E-state index in [0.717, 1.165) is 40.9 Å². The van der Waals surface area contributed by atoms with Gasteiger partial charge in [0.15, 0.2) is 11.6 Å². The maximum atomic E-state index is 13.6. The summed E-state index contributed by atoms with van der Waals surface area (Å²) in [6, 6.07) is 7.67. The Bertz CT molecular complexity index is 1590. The number of thiocarbonyl (C=S) groups is 1. The number of carbonyl (C=O) groups excluding carboxylic acids is 3. The Morgan fingerprint density at radius 2 is 1.82 bits per heavy atom. The Hall–Kier alpha value is -4.14. The number of thioether (sulfide) groups is 1. The molecular weight excluding hydrogens is 584 g/mol. The molecule has 0 radical (unpaired) electrons. The summed E-state index contributed by atoms with van der Waals surface area (Å²) in [5.74, 6) is -5.79. The van der Waals surface area contributed by atoms with Gasteiger partial charge in [0.1, 0.15) is 15.6 Å². The number of carboxylic acids is 1. The molecule has 1 aromatic heterocycles. The molecule has 5 N–H and O–H groups in total. The van der Waals surface area contributed by atoms with Gasteiger partial charge in [-0.15, -0.1) is 11.3 Å². The molecule has 1 aliphatic heterocycles. The number of hydrogen-bond donors (Lipinski definition) is 4. The number of amides is 3. The molecule has 0 bridgehead atoms. The van der Waals surface area contributed by atoms with Gasteiger partial charge in [-0.2, -0.15) is 0 Å². The van der Waals surface area contributed by atoms with Crippen molar-refractivity contribution in [3.05, 3.63) is 74.8 Å². The lowest BCUT2D eigenvalue weighted by Crippen LogP contribution is -2.43. The lowest BCUT2D eigenvalue weighted by molar-refractivity contribution is -0.126. The van der Waals surface area contributed by atoms with E-state index in [1.165, 1.54) is 23.5 Å². The third-order valence-electron chi connectivity index (χ3n) is 5.70. The SMILES string of the molecule is NC(=O)C[C@@H](CC(=O)Nc1ccc(C(=O)O)c(O)c1)N1C(=O)/C(=C/c2cc(-c3ccc(F)c(F)c3)cs2)SC1=S. The lowest BCUT2D eigenvalue weighted by Gasteiger charge is -2.25. The molecule has 0 spiro atoms. The van der Waals surface area contributed by atoms with Crippen LogP contribution in [0, 0.1) is 11.6 Å². The summed E-state index contributed by atoms with van der Waals surface area (Å²) >= 11 is 7.61. The second-order valence-corrected chi connectivity index (χ2v) is 11.2. The second-order valence-electron chi connectivity index (χ2n) is 8.53. The van der Waals surface area contributed by atoms with Crippen LogP contribution in [-0.4, -0.2) is 49.2 Å². The van der Waals surface area contributed by atoms with Crippen molar-refractivity contribution in [2.24, 2.45) is 5.73 Å². The van der Waals surface area contributed by atoms with E-state index < -0.39 is 47.1 Å². The van der Waals surface area contributed by atoms with Gasteiger partial charge < -0.3 is 21.3 Å². The first kappa shape index (κ1) is 28.9. The summed E-state index contributed by atoms with van der Waals surface area (Å²) in [5, 5.41) is 23.1. The standard InChI is InChI=1S/C26H19F2N3O6S3/c27-18-4-1-12(6-19(18)28)13-5-16(39-11-13)10-21-24(35)31(26(38)40-21)15(8-22(29)33)9-23(34)30-14-2-3-17(25(36)37)20(32)7-14/h1-7,10-11,15,32H,8-9H2,(H2,29,33)(H,30,34)(H,36,37)/b21-10-/t15-/m0/s1. The molecular formula is C26H19F2N3O6S3. The Labute approximate surface area is 239 Å². The van der Waals surface area contributed by atoms with Gasteiger partial charge in [0.25, 0.3) is 5.91 Å². The zero-order chi connectivity index (χ0) is 29.1. The Morgan fingerprint density at radius 1 is 1.07 bits per heavy atom. The molecule has 0 aliphatic carbocycles. The van der Waals surface area contributed by atoms with Crippen molar-refractivity contribution in [2.45, 2.75) is 18.9 Å². The van der Waals surface area contributed by atoms with Gasteiger partial charge in [0.05, 0.1) is 10.9 Å². The molecule has 1 atom stereocenters. The highest BCUT2D eigenvalue weighted by Gasteiger charge is 2.38. The molecule has 3 amide bonds. The molecule has 1 fully saturated rings. The molecule has 3 aromatic rings.